The van der Waals surface area contributed by atoms with Crippen molar-refractivity contribution < 1.29 is 5.11 Å². The molecule has 0 fully saturated rings. The molecule has 0 spiro atoms. The highest BCUT2D eigenvalue weighted by molar-refractivity contribution is 7.71. The van der Waals surface area contributed by atoms with Crippen LogP contribution in [0.5, 0.6) is 0 Å². The van der Waals surface area contributed by atoms with Gasteiger partial charge >= 0.3 is 0 Å². The van der Waals surface area contributed by atoms with E-state index in [2.05, 4.69) is 10.4 Å². The Morgan fingerprint density at radius 1 is 0.955 bits per heavy atom. The van der Waals surface area contributed by atoms with Gasteiger partial charge in [-0.2, -0.15) is 9.36 Å². The molecular weight excluding hydrogens is 296 g/mol. The van der Waals surface area contributed by atoms with Crippen LogP contribution in [0.3, 0.4) is 0 Å². The molecule has 0 aliphatic heterocycles. The fourth-order valence-corrected chi connectivity index (χ4v) is 2.28. The average Bonchev–Trinajstić information content (AvgIpc) is 2.96. The van der Waals surface area contributed by atoms with Crippen LogP contribution in [0.4, 0.5) is 0 Å². The van der Waals surface area contributed by atoms with Crippen LogP contribution in [0.15, 0.2) is 66.7 Å². The summed E-state index contributed by atoms with van der Waals surface area (Å²) in [6.45, 7) is 0. The zero-order valence-corrected chi connectivity index (χ0v) is 12.5. The molecule has 0 saturated heterocycles. The van der Waals surface area contributed by atoms with Crippen molar-refractivity contribution in [2.45, 2.75) is 6.23 Å². The number of aromatic nitrogens is 4. The summed E-state index contributed by atoms with van der Waals surface area (Å²) in [4.78, 5) is 0. The van der Waals surface area contributed by atoms with E-state index in [0.29, 0.717) is 4.77 Å². The van der Waals surface area contributed by atoms with Crippen LogP contribution in [-0.4, -0.2) is 24.9 Å². The first kappa shape index (κ1) is 14.4. The molecule has 1 heterocycles. The van der Waals surface area contributed by atoms with E-state index in [0.717, 1.165) is 11.3 Å². The van der Waals surface area contributed by atoms with Crippen LogP contribution >= 0.6 is 12.2 Å². The Kier molecular flexibility index (Phi) is 4.22. The van der Waals surface area contributed by atoms with Gasteiger partial charge in [-0.05, 0) is 46.4 Å². The van der Waals surface area contributed by atoms with Gasteiger partial charge in [-0.3, -0.25) is 0 Å². The first-order chi connectivity index (χ1) is 10.8. The van der Waals surface area contributed by atoms with Crippen LogP contribution in [0, 0.1) is 4.77 Å². The molecule has 0 saturated carbocycles. The number of nitrogens with zero attached hydrogens (tertiary/aromatic N) is 4. The van der Waals surface area contributed by atoms with Crippen LogP contribution in [0.25, 0.3) is 11.8 Å². The summed E-state index contributed by atoms with van der Waals surface area (Å²) in [6, 6.07) is 19.1. The highest BCUT2D eigenvalue weighted by Crippen LogP contribution is 2.11. The molecule has 0 radical (unpaired) electrons. The molecule has 110 valence electrons. The third-order valence-corrected chi connectivity index (χ3v) is 3.47. The molecule has 1 atom stereocenters. The second kappa shape index (κ2) is 6.46. The fourth-order valence-electron chi connectivity index (χ4n) is 2.00. The van der Waals surface area contributed by atoms with Crippen LogP contribution < -0.4 is 0 Å². The van der Waals surface area contributed by atoms with Gasteiger partial charge in [-0.15, -0.1) is 0 Å². The van der Waals surface area contributed by atoms with Gasteiger partial charge in [0.25, 0.3) is 0 Å². The molecule has 6 heteroatoms. The summed E-state index contributed by atoms with van der Waals surface area (Å²) in [5.74, 6) is 0. The Morgan fingerprint density at radius 3 is 2.27 bits per heavy atom. The molecule has 5 nitrogen and oxygen atoms in total. The molecule has 1 N–H and O–H groups in total. The zero-order valence-electron chi connectivity index (χ0n) is 11.6. The van der Waals surface area contributed by atoms with Crippen molar-refractivity contribution in [2.24, 2.45) is 0 Å². The third-order valence-electron chi connectivity index (χ3n) is 3.11. The Morgan fingerprint density at radius 2 is 1.59 bits per heavy atom. The molecule has 3 aromatic rings. The maximum Gasteiger partial charge on any atom is 0.223 e. The maximum atomic E-state index is 10.2. The maximum absolute atomic E-state index is 10.2. The quantitative estimate of drug-likeness (QED) is 0.753. The van der Waals surface area contributed by atoms with Crippen molar-refractivity contribution in [1.29, 1.82) is 0 Å². The predicted octanol–water partition coefficient (Wildman–Crippen LogP) is 3.00. The number of aliphatic hydroxyl groups excluding tert-OH is 1. The summed E-state index contributed by atoms with van der Waals surface area (Å²) < 4.78 is 3.13. The monoisotopic (exact) mass is 310 g/mol. The molecule has 1 aromatic heterocycles. The number of aliphatic hydroxyl groups is 1. The number of para-hydroxylation sites is 1. The van der Waals surface area contributed by atoms with Gasteiger partial charge in [-0.25, -0.2) is 0 Å². The molecule has 3 rings (SSSR count). The first-order valence-electron chi connectivity index (χ1n) is 6.77. The molecule has 22 heavy (non-hydrogen) atoms. The highest BCUT2D eigenvalue weighted by Gasteiger charge is 2.10. The Balaban J connectivity index is 1.85. The van der Waals surface area contributed by atoms with E-state index in [9.17, 15) is 5.11 Å². The number of hydrogen-bond donors (Lipinski definition) is 1. The molecule has 2 aromatic carbocycles. The van der Waals surface area contributed by atoms with Gasteiger partial charge in [0.2, 0.25) is 4.77 Å². The Hall–Kier alpha value is -2.57. The van der Waals surface area contributed by atoms with E-state index in [1.54, 1.807) is 6.08 Å². The number of tetrazole rings is 1. The van der Waals surface area contributed by atoms with E-state index >= 15 is 0 Å². The summed E-state index contributed by atoms with van der Waals surface area (Å²) in [5.41, 5.74) is 1.79. The van der Waals surface area contributed by atoms with Crippen LogP contribution in [0.1, 0.15) is 11.8 Å². The fraction of sp³-hybridized carbons (Fsp3) is 0.0625. The van der Waals surface area contributed by atoms with Crippen molar-refractivity contribution in [3.8, 4) is 5.69 Å². The first-order valence-corrected chi connectivity index (χ1v) is 7.18. The Bertz CT molecular complexity index is 824. The van der Waals surface area contributed by atoms with E-state index < -0.39 is 6.23 Å². The number of hydrogen-bond acceptors (Lipinski definition) is 4. The molecular formula is C16H14N4OS. The summed E-state index contributed by atoms with van der Waals surface area (Å²) in [5, 5.41) is 18.1. The largest absolute Gasteiger partial charge is 0.368 e. The molecule has 0 aliphatic carbocycles. The molecule has 1 unspecified atom stereocenters. The normalized spacial score (nSPS) is 12.6. The van der Waals surface area contributed by atoms with E-state index in [1.807, 2.05) is 66.7 Å². The van der Waals surface area contributed by atoms with Crippen molar-refractivity contribution in [2.75, 3.05) is 0 Å². The topological polar surface area (TPSA) is 55.9 Å². The summed E-state index contributed by atoms with van der Waals surface area (Å²) >= 11 is 5.32. The van der Waals surface area contributed by atoms with E-state index in [1.165, 1.54) is 9.36 Å². The van der Waals surface area contributed by atoms with Gasteiger partial charge in [0, 0.05) is 0 Å². The minimum absolute atomic E-state index is 0.330. The lowest BCUT2D eigenvalue weighted by molar-refractivity contribution is 0.137. The minimum atomic E-state index is -0.967. The van der Waals surface area contributed by atoms with E-state index in [-0.39, 0.29) is 0 Å². The predicted molar refractivity (Wildman–Crippen MR) is 86.9 cm³/mol. The second-order valence-corrected chi connectivity index (χ2v) is 5.00. The standard InChI is InChI=1S/C16H14N4OS/c21-15(12-11-13-7-3-1-4-8-13)20-16(22)19(17-18-20)14-9-5-2-6-10-14/h1-12,15,21H/b12-11+. The van der Waals surface area contributed by atoms with Crippen molar-refractivity contribution in [1.82, 2.24) is 19.8 Å². The van der Waals surface area contributed by atoms with Crippen molar-refractivity contribution >= 4 is 18.3 Å². The van der Waals surface area contributed by atoms with Crippen molar-refractivity contribution in [3.63, 3.8) is 0 Å². The van der Waals surface area contributed by atoms with E-state index in [4.69, 9.17) is 12.2 Å². The van der Waals surface area contributed by atoms with Gasteiger partial charge < -0.3 is 5.11 Å². The lowest BCUT2D eigenvalue weighted by Gasteiger charge is -2.04. The van der Waals surface area contributed by atoms with Crippen LogP contribution in [-0.2, 0) is 0 Å². The van der Waals surface area contributed by atoms with Gasteiger partial charge in [0.05, 0.1) is 5.69 Å². The van der Waals surface area contributed by atoms with Crippen LogP contribution in [0.2, 0.25) is 0 Å². The summed E-state index contributed by atoms with van der Waals surface area (Å²) in [7, 11) is 0. The van der Waals surface area contributed by atoms with Gasteiger partial charge in [0.1, 0.15) is 0 Å². The van der Waals surface area contributed by atoms with Gasteiger partial charge in [-0.1, -0.05) is 54.6 Å². The lowest BCUT2D eigenvalue weighted by atomic mass is 10.2. The number of benzene rings is 2. The smallest absolute Gasteiger partial charge is 0.223 e. The minimum Gasteiger partial charge on any atom is -0.368 e. The Labute approximate surface area is 132 Å². The number of rotatable bonds is 4. The summed E-state index contributed by atoms with van der Waals surface area (Å²) in [6.07, 6.45) is 2.47. The third kappa shape index (κ3) is 3.03. The average molecular weight is 310 g/mol. The highest BCUT2D eigenvalue weighted by atomic mass is 32.1. The van der Waals surface area contributed by atoms with Crippen molar-refractivity contribution in [3.05, 3.63) is 77.1 Å². The molecule has 0 aliphatic rings. The SMILES string of the molecule is OC(/C=C/c1ccccc1)n1nnn(-c2ccccc2)c1=S. The second-order valence-electron chi connectivity index (χ2n) is 4.64. The van der Waals surface area contributed by atoms with Gasteiger partial charge in [0.15, 0.2) is 6.23 Å². The lowest BCUT2D eigenvalue weighted by Crippen LogP contribution is -2.08. The zero-order chi connectivity index (χ0) is 15.4. The molecule has 0 bridgehead atoms. The molecule has 0 amide bonds.